The van der Waals surface area contributed by atoms with Crippen molar-refractivity contribution in [3.63, 3.8) is 0 Å². The van der Waals surface area contributed by atoms with Gasteiger partial charge in [-0.3, -0.25) is 9.48 Å². The van der Waals surface area contributed by atoms with Crippen LogP contribution in [0.25, 0.3) is 0 Å². The Morgan fingerprint density at radius 1 is 1.59 bits per heavy atom. The Bertz CT molecular complexity index is 402. The third-order valence-electron chi connectivity index (χ3n) is 2.06. The molecule has 0 atom stereocenters. The number of carboxylic acid groups (broad SMARTS) is 1. The molecule has 0 radical (unpaired) electrons. The summed E-state index contributed by atoms with van der Waals surface area (Å²) < 4.78 is 1.55. The number of urea groups is 1. The molecule has 0 saturated carbocycles. The highest BCUT2D eigenvalue weighted by Crippen LogP contribution is 2.05. The van der Waals surface area contributed by atoms with E-state index in [1.165, 1.54) is 11.1 Å². The maximum absolute atomic E-state index is 11.8. The van der Waals surface area contributed by atoms with Gasteiger partial charge in [0.1, 0.15) is 6.54 Å². The van der Waals surface area contributed by atoms with Crippen LogP contribution in [0, 0.1) is 0 Å². The minimum Gasteiger partial charge on any atom is -0.480 e. The van der Waals surface area contributed by atoms with Crippen LogP contribution in [0.1, 0.15) is 13.3 Å². The van der Waals surface area contributed by atoms with Crippen LogP contribution in [0.15, 0.2) is 12.4 Å². The third kappa shape index (κ3) is 4.13. The molecular formula is C10H16N4O3. The number of carbonyl (C=O) groups is 2. The van der Waals surface area contributed by atoms with E-state index in [1.54, 1.807) is 17.9 Å². The number of rotatable bonds is 5. The zero-order valence-electron chi connectivity index (χ0n) is 9.88. The van der Waals surface area contributed by atoms with Gasteiger partial charge in [-0.15, -0.1) is 0 Å². The largest absolute Gasteiger partial charge is 0.480 e. The van der Waals surface area contributed by atoms with E-state index in [9.17, 15) is 9.59 Å². The predicted molar refractivity (Wildman–Crippen MR) is 61.7 cm³/mol. The summed E-state index contributed by atoms with van der Waals surface area (Å²) >= 11 is 0. The molecular weight excluding hydrogens is 224 g/mol. The topological polar surface area (TPSA) is 87.5 Å². The smallest absolute Gasteiger partial charge is 0.323 e. The van der Waals surface area contributed by atoms with Gasteiger partial charge >= 0.3 is 12.0 Å². The van der Waals surface area contributed by atoms with Crippen molar-refractivity contribution in [3.8, 4) is 0 Å². The van der Waals surface area contributed by atoms with E-state index in [2.05, 4.69) is 10.4 Å². The molecule has 17 heavy (non-hydrogen) atoms. The van der Waals surface area contributed by atoms with Crippen LogP contribution >= 0.6 is 0 Å². The number of carbonyl (C=O) groups excluding carboxylic acids is 1. The summed E-state index contributed by atoms with van der Waals surface area (Å²) in [5.74, 6) is -1.03. The first-order chi connectivity index (χ1) is 8.02. The van der Waals surface area contributed by atoms with Crippen molar-refractivity contribution in [2.45, 2.75) is 13.3 Å². The standard InChI is InChI=1S/C10H16N4O3/c1-3-4-14(7-9(15)16)10(17)12-8-5-11-13(2)6-8/h5-6H,3-4,7H2,1-2H3,(H,12,17)(H,15,16). The summed E-state index contributed by atoms with van der Waals surface area (Å²) in [5.41, 5.74) is 0.545. The molecule has 1 aromatic heterocycles. The highest BCUT2D eigenvalue weighted by molar-refractivity contribution is 5.91. The number of aliphatic carboxylic acids is 1. The van der Waals surface area contributed by atoms with E-state index >= 15 is 0 Å². The molecule has 2 N–H and O–H groups in total. The Morgan fingerprint density at radius 2 is 2.29 bits per heavy atom. The second-order valence-electron chi connectivity index (χ2n) is 3.65. The summed E-state index contributed by atoms with van der Waals surface area (Å²) in [6, 6.07) is -0.428. The van der Waals surface area contributed by atoms with Gasteiger partial charge in [-0.2, -0.15) is 5.10 Å². The lowest BCUT2D eigenvalue weighted by Gasteiger charge is -2.19. The fourth-order valence-corrected chi connectivity index (χ4v) is 1.37. The molecule has 0 aromatic carbocycles. The van der Waals surface area contributed by atoms with Crippen molar-refractivity contribution >= 4 is 17.7 Å². The van der Waals surface area contributed by atoms with Gasteiger partial charge in [-0.1, -0.05) is 6.92 Å². The zero-order chi connectivity index (χ0) is 12.8. The van der Waals surface area contributed by atoms with Crippen molar-refractivity contribution in [2.24, 2.45) is 7.05 Å². The van der Waals surface area contributed by atoms with Gasteiger partial charge in [-0.05, 0) is 6.42 Å². The summed E-state index contributed by atoms with van der Waals surface area (Å²) in [4.78, 5) is 23.6. The molecule has 2 amide bonds. The zero-order valence-corrected chi connectivity index (χ0v) is 9.88. The first kappa shape index (κ1) is 13.0. The lowest BCUT2D eigenvalue weighted by molar-refractivity contribution is -0.137. The monoisotopic (exact) mass is 240 g/mol. The number of nitrogens with one attached hydrogen (secondary N) is 1. The summed E-state index contributed by atoms with van der Waals surface area (Å²) in [6.07, 6.45) is 3.85. The molecule has 0 bridgehead atoms. The van der Waals surface area contributed by atoms with Crippen LogP contribution < -0.4 is 5.32 Å². The number of aromatic nitrogens is 2. The first-order valence-corrected chi connectivity index (χ1v) is 5.29. The van der Waals surface area contributed by atoms with E-state index in [0.717, 1.165) is 0 Å². The van der Waals surface area contributed by atoms with Gasteiger partial charge in [-0.25, -0.2) is 4.79 Å². The normalized spacial score (nSPS) is 10.0. The molecule has 0 unspecified atom stereocenters. The SMILES string of the molecule is CCCN(CC(=O)O)C(=O)Nc1cnn(C)c1. The minimum absolute atomic E-state index is 0.306. The number of anilines is 1. The maximum Gasteiger partial charge on any atom is 0.323 e. The van der Waals surface area contributed by atoms with Crippen molar-refractivity contribution in [2.75, 3.05) is 18.4 Å². The van der Waals surface area contributed by atoms with Crippen LogP contribution in [-0.2, 0) is 11.8 Å². The quantitative estimate of drug-likeness (QED) is 0.795. The summed E-state index contributed by atoms with van der Waals surface area (Å²) in [5, 5.41) is 15.2. The van der Waals surface area contributed by atoms with E-state index < -0.39 is 12.0 Å². The van der Waals surface area contributed by atoms with Gasteiger partial charge in [0.15, 0.2) is 0 Å². The molecule has 7 nitrogen and oxygen atoms in total. The summed E-state index contributed by atoms with van der Waals surface area (Å²) in [6.45, 7) is 1.98. The van der Waals surface area contributed by atoms with Gasteiger partial charge in [0.2, 0.25) is 0 Å². The molecule has 0 aliphatic carbocycles. The van der Waals surface area contributed by atoms with E-state index in [4.69, 9.17) is 5.11 Å². The average molecular weight is 240 g/mol. The fourth-order valence-electron chi connectivity index (χ4n) is 1.37. The second kappa shape index (κ2) is 5.88. The Labute approximate surface area is 99.0 Å². The Morgan fingerprint density at radius 3 is 2.76 bits per heavy atom. The molecule has 7 heteroatoms. The van der Waals surface area contributed by atoms with Crippen LogP contribution in [0.3, 0.4) is 0 Å². The molecule has 0 aliphatic heterocycles. The molecule has 94 valence electrons. The molecule has 0 fully saturated rings. The minimum atomic E-state index is -1.03. The van der Waals surface area contributed by atoms with Crippen LogP contribution in [0.2, 0.25) is 0 Å². The number of aryl methyl sites for hydroxylation is 1. The van der Waals surface area contributed by atoms with Crippen molar-refractivity contribution in [3.05, 3.63) is 12.4 Å². The maximum atomic E-state index is 11.8. The van der Waals surface area contributed by atoms with Gasteiger partial charge in [0.25, 0.3) is 0 Å². The highest BCUT2D eigenvalue weighted by Gasteiger charge is 2.16. The average Bonchev–Trinajstić information content (AvgIpc) is 2.62. The number of hydrogen-bond acceptors (Lipinski definition) is 3. The van der Waals surface area contributed by atoms with Gasteiger partial charge < -0.3 is 15.3 Å². The van der Waals surface area contributed by atoms with Crippen LogP contribution in [-0.4, -0.2) is 44.9 Å². The second-order valence-corrected chi connectivity index (χ2v) is 3.65. The number of carboxylic acids is 1. The Kier molecular flexibility index (Phi) is 4.50. The Balaban J connectivity index is 2.61. The van der Waals surface area contributed by atoms with E-state index in [1.807, 2.05) is 6.92 Å². The van der Waals surface area contributed by atoms with Gasteiger partial charge in [0.05, 0.1) is 11.9 Å². The molecule has 1 heterocycles. The molecule has 0 saturated heterocycles. The predicted octanol–water partition coefficient (Wildman–Crippen LogP) is 0.749. The molecule has 1 rings (SSSR count). The van der Waals surface area contributed by atoms with Gasteiger partial charge in [0, 0.05) is 19.8 Å². The number of hydrogen-bond donors (Lipinski definition) is 2. The Hall–Kier alpha value is -2.05. The van der Waals surface area contributed by atoms with Crippen LogP contribution in [0.5, 0.6) is 0 Å². The lowest BCUT2D eigenvalue weighted by atomic mass is 10.4. The van der Waals surface area contributed by atoms with Crippen LogP contribution in [0.4, 0.5) is 10.5 Å². The fraction of sp³-hybridized carbons (Fsp3) is 0.500. The molecule has 1 aromatic rings. The number of nitrogens with zero attached hydrogens (tertiary/aromatic N) is 3. The van der Waals surface area contributed by atoms with Crippen molar-refractivity contribution < 1.29 is 14.7 Å². The van der Waals surface area contributed by atoms with Crippen molar-refractivity contribution in [1.82, 2.24) is 14.7 Å². The number of amides is 2. The molecule has 0 aliphatic rings. The highest BCUT2D eigenvalue weighted by atomic mass is 16.4. The lowest BCUT2D eigenvalue weighted by Crippen LogP contribution is -2.39. The third-order valence-corrected chi connectivity index (χ3v) is 2.06. The van der Waals surface area contributed by atoms with Crippen molar-refractivity contribution in [1.29, 1.82) is 0 Å². The summed E-state index contributed by atoms with van der Waals surface area (Å²) in [7, 11) is 1.73. The molecule has 0 spiro atoms. The van der Waals surface area contributed by atoms with E-state index in [-0.39, 0.29) is 6.54 Å². The van der Waals surface area contributed by atoms with E-state index in [0.29, 0.717) is 18.7 Å². The first-order valence-electron chi connectivity index (χ1n) is 5.29.